The van der Waals surface area contributed by atoms with E-state index in [0.717, 1.165) is 18.4 Å². The van der Waals surface area contributed by atoms with E-state index in [2.05, 4.69) is 14.8 Å². The van der Waals surface area contributed by atoms with Crippen LogP contribution in [0.25, 0.3) is 0 Å². The Bertz CT molecular complexity index is 1410. The molecule has 3 aromatic rings. The average molecular weight is 514 g/mol. The van der Waals surface area contributed by atoms with Crippen molar-refractivity contribution in [1.29, 1.82) is 0 Å². The van der Waals surface area contributed by atoms with Crippen LogP contribution in [0.4, 0.5) is 30.2 Å². The summed E-state index contributed by atoms with van der Waals surface area (Å²) in [5.41, 5.74) is -0.475. The Morgan fingerprint density at radius 1 is 0.765 bits per heavy atom. The lowest BCUT2D eigenvalue weighted by Crippen LogP contribution is -2.15. The van der Waals surface area contributed by atoms with E-state index < -0.39 is 37.7 Å². The zero-order valence-corrected chi connectivity index (χ0v) is 19.1. The molecule has 0 saturated heterocycles. The number of nitrogens with one attached hydrogen (secondary N) is 3. The topological polar surface area (TPSA) is 121 Å². The lowest BCUT2D eigenvalue weighted by Gasteiger charge is -2.12. The fourth-order valence-corrected chi connectivity index (χ4v) is 4.41. The second kappa shape index (κ2) is 9.35. The summed E-state index contributed by atoms with van der Waals surface area (Å²) in [4.78, 5) is 12.2. The number of rotatable bonds is 7. The fraction of sp³-hybridized carbons (Fsp3) is 0.0952. The molecule has 0 bridgehead atoms. The minimum atomic E-state index is -4.62. The molecule has 13 heteroatoms. The van der Waals surface area contributed by atoms with Gasteiger partial charge in [-0.1, -0.05) is 6.07 Å². The third kappa shape index (κ3) is 6.71. The fourth-order valence-electron chi connectivity index (χ4n) is 2.80. The van der Waals surface area contributed by atoms with Gasteiger partial charge in [0.25, 0.3) is 15.9 Å². The van der Waals surface area contributed by atoms with Gasteiger partial charge in [0.1, 0.15) is 0 Å². The van der Waals surface area contributed by atoms with Crippen molar-refractivity contribution in [2.24, 2.45) is 0 Å². The lowest BCUT2D eigenvalue weighted by atomic mass is 10.2. The molecule has 34 heavy (non-hydrogen) atoms. The molecule has 1 amide bonds. The van der Waals surface area contributed by atoms with Crippen LogP contribution in [0.2, 0.25) is 0 Å². The van der Waals surface area contributed by atoms with E-state index in [1.807, 2.05) is 0 Å². The summed E-state index contributed by atoms with van der Waals surface area (Å²) < 4.78 is 90.4. The molecule has 3 aromatic carbocycles. The van der Waals surface area contributed by atoms with Gasteiger partial charge in [0.05, 0.1) is 16.7 Å². The van der Waals surface area contributed by atoms with Crippen LogP contribution in [-0.4, -0.2) is 29.0 Å². The number of amides is 1. The third-order valence-corrected chi connectivity index (χ3v) is 6.32. The molecule has 0 radical (unpaired) electrons. The van der Waals surface area contributed by atoms with Gasteiger partial charge in [-0.05, 0) is 66.7 Å². The molecule has 3 rings (SSSR count). The molecule has 0 fully saturated rings. The number of carbonyl (C=O) groups is 1. The predicted octanol–water partition coefficient (Wildman–Crippen LogP) is 4.13. The number of anilines is 3. The van der Waals surface area contributed by atoms with Crippen LogP contribution in [0, 0.1) is 0 Å². The number of halogens is 3. The highest BCUT2D eigenvalue weighted by Gasteiger charge is 2.30. The minimum Gasteiger partial charge on any atom is -0.322 e. The summed E-state index contributed by atoms with van der Waals surface area (Å²) >= 11 is 0. The van der Waals surface area contributed by atoms with Crippen molar-refractivity contribution in [2.75, 3.05) is 21.0 Å². The molecule has 0 heterocycles. The molecule has 0 atom stereocenters. The number of sulfonamides is 2. The molecule has 0 spiro atoms. The molecule has 0 aliphatic heterocycles. The highest BCUT2D eigenvalue weighted by molar-refractivity contribution is 7.92. The van der Waals surface area contributed by atoms with Gasteiger partial charge in [0, 0.05) is 22.6 Å². The zero-order valence-electron chi connectivity index (χ0n) is 17.4. The van der Waals surface area contributed by atoms with Crippen molar-refractivity contribution in [3.8, 4) is 0 Å². The van der Waals surface area contributed by atoms with E-state index in [1.54, 1.807) is 0 Å². The molecule has 0 saturated carbocycles. The van der Waals surface area contributed by atoms with E-state index in [1.165, 1.54) is 54.6 Å². The van der Waals surface area contributed by atoms with Crippen molar-refractivity contribution in [2.45, 2.75) is 11.1 Å². The minimum absolute atomic E-state index is 0.223. The van der Waals surface area contributed by atoms with Gasteiger partial charge in [-0.25, -0.2) is 16.8 Å². The van der Waals surface area contributed by atoms with Crippen LogP contribution in [0.3, 0.4) is 0 Å². The van der Waals surface area contributed by atoms with Gasteiger partial charge in [0.15, 0.2) is 0 Å². The van der Waals surface area contributed by atoms with E-state index in [9.17, 15) is 34.8 Å². The summed E-state index contributed by atoms with van der Waals surface area (Å²) in [5, 5.41) is 2.56. The lowest BCUT2D eigenvalue weighted by molar-refractivity contribution is -0.137. The Morgan fingerprint density at radius 2 is 1.35 bits per heavy atom. The molecule has 0 aliphatic rings. The van der Waals surface area contributed by atoms with Crippen LogP contribution in [0.5, 0.6) is 0 Å². The van der Waals surface area contributed by atoms with Gasteiger partial charge < -0.3 is 5.32 Å². The summed E-state index contributed by atoms with van der Waals surface area (Å²) in [7, 11) is -7.64. The first-order valence-corrected chi connectivity index (χ1v) is 12.8. The zero-order chi connectivity index (χ0) is 25.1. The maximum atomic E-state index is 12.8. The van der Waals surface area contributed by atoms with Crippen molar-refractivity contribution < 1.29 is 34.8 Å². The molecular weight excluding hydrogens is 495 g/mol. The second-order valence-electron chi connectivity index (χ2n) is 7.11. The van der Waals surface area contributed by atoms with Crippen LogP contribution in [0.1, 0.15) is 15.9 Å². The number of hydrogen-bond donors (Lipinski definition) is 3. The summed E-state index contributed by atoms with van der Waals surface area (Å²) in [6, 6.07) is 14.4. The Kier molecular flexibility index (Phi) is 6.89. The molecule has 0 unspecified atom stereocenters. The predicted molar refractivity (Wildman–Crippen MR) is 122 cm³/mol. The Labute approximate surface area is 193 Å². The van der Waals surface area contributed by atoms with Crippen LogP contribution >= 0.6 is 0 Å². The largest absolute Gasteiger partial charge is 0.416 e. The number of alkyl halides is 3. The van der Waals surface area contributed by atoms with Gasteiger partial charge in [-0.15, -0.1) is 0 Å². The molecule has 0 aromatic heterocycles. The third-order valence-electron chi connectivity index (χ3n) is 4.31. The normalized spacial score (nSPS) is 12.1. The van der Waals surface area contributed by atoms with Gasteiger partial charge in [-0.2, -0.15) is 13.2 Å². The maximum absolute atomic E-state index is 12.8. The van der Waals surface area contributed by atoms with E-state index in [-0.39, 0.29) is 27.5 Å². The standard InChI is InChI=1S/C21H18F3N3O5S2/c1-33(29,30)26-17-7-5-14(6-8-17)20(28)25-16-9-11-19(12-10-16)34(31,32)27-18-4-2-3-15(13-18)21(22,23)24/h2-13,26-27H,1H3,(H,25,28). The second-order valence-corrected chi connectivity index (χ2v) is 10.5. The SMILES string of the molecule is CS(=O)(=O)Nc1ccc(C(=O)Nc2ccc(S(=O)(=O)Nc3cccc(C(F)(F)F)c3)cc2)cc1. The van der Waals surface area contributed by atoms with Crippen LogP contribution in [-0.2, 0) is 26.2 Å². The summed E-state index contributed by atoms with van der Waals surface area (Å²) in [6.07, 6.45) is -3.63. The van der Waals surface area contributed by atoms with Gasteiger partial charge >= 0.3 is 6.18 Å². The average Bonchev–Trinajstić information content (AvgIpc) is 2.73. The van der Waals surface area contributed by atoms with E-state index in [4.69, 9.17) is 0 Å². The highest BCUT2D eigenvalue weighted by Crippen LogP contribution is 2.31. The number of benzene rings is 3. The van der Waals surface area contributed by atoms with Crippen LogP contribution in [0.15, 0.2) is 77.7 Å². The van der Waals surface area contributed by atoms with Crippen LogP contribution < -0.4 is 14.8 Å². The Morgan fingerprint density at radius 3 is 1.91 bits per heavy atom. The first-order valence-electron chi connectivity index (χ1n) is 9.42. The molecule has 180 valence electrons. The molecule has 0 aliphatic carbocycles. The Hall–Kier alpha value is -3.58. The molecular formula is C21H18F3N3O5S2. The van der Waals surface area contributed by atoms with Crippen molar-refractivity contribution >= 4 is 43.0 Å². The Balaban J connectivity index is 1.69. The van der Waals surface area contributed by atoms with Crippen molar-refractivity contribution in [3.63, 3.8) is 0 Å². The first kappa shape index (κ1) is 25.1. The van der Waals surface area contributed by atoms with E-state index in [0.29, 0.717) is 6.07 Å². The number of carbonyl (C=O) groups excluding carboxylic acids is 1. The summed E-state index contributed by atoms with van der Waals surface area (Å²) in [5.74, 6) is -0.524. The van der Waals surface area contributed by atoms with Crippen molar-refractivity contribution in [3.05, 3.63) is 83.9 Å². The van der Waals surface area contributed by atoms with Gasteiger partial charge in [-0.3, -0.25) is 14.2 Å². The van der Waals surface area contributed by atoms with Crippen molar-refractivity contribution in [1.82, 2.24) is 0 Å². The highest BCUT2D eigenvalue weighted by atomic mass is 32.2. The maximum Gasteiger partial charge on any atom is 0.416 e. The quantitative estimate of drug-likeness (QED) is 0.439. The summed E-state index contributed by atoms with van der Waals surface area (Å²) in [6.45, 7) is 0. The monoisotopic (exact) mass is 513 g/mol. The van der Waals surface area contributed by atoms with Gasteiger partial charge in [0.2, 0.25) is 10.0 Å². The molecule has 3 N–H and O–H groups in total. The number of hydrogen-bond acceptors (Lipinski definition) is 5. The smallest absolute Gasteiger partial charge is 0.322 e. The van der Waals surface area contributed by atoms with E-state index >= 15 is 0 Å². The molecule has 8 nitrogen and oxygen atoms in total. The first-order chi connectivity index (χ1) is 15.7.